The number of amidine groups is 1. The van der Waals surface area contributed by atoms with E-state index in [0.717, 1.165) is 28.7 Å². The van der Waals surface area contributed by atoms with Crippen LogP contribution in [0.3, 0.4) is 0 Å². The second kappa shape index (κ2) is 10.3. The number of ether oxygens (including phenoxy) is 1. The molecule has 3 amide bonds. The Balaban J connectivity index is 1.54. The molecule has 1 unspecified atom stereocenters. The minimum absolute atomic E-state index is 0.0805. The number of nitrogens with one attached hydrogen (secondary N) is 2. The van der Waals surface area contributed by atoms with E-state index in [4.69, 9.17) is 4.74 Å². The average molecular weight is 461 g/mol. The molecule has 0 fully saturated rings. The zero-order valence-corrected chi connectivity index (χ0v) is 18.5. The zero-order valence-electron chi connectivity index (χ0n) is 16.8. The van der Waals surface area contributed by atoms with Crippen molar-refractivity contribution in [1.82, 2.24) is 10.3 Å². The lowest BCUT2D eigenvalue weighted by atomic mass is 9.97. The van der Waals surface area contributed by atoms with E-state index in [9.17, 15) is 19.2 Å². The van der Waals surface area contributed by atoms with Gasteiger partial charge in [-0.15, -0.1) is 0 Å². The molecule has 11 heteroatoms. The Morgan fingerprint density at radius 1 is 1.26 bits per heavy atom. The molecule has 2 N–H and O–H groups in total. The Bertz CT molecular complexity index is 1040. The van der Waals surface area contributed by atoms with Gasteiger partial charge in [-0.25, -0.2) is 9.78 Å². The van der Waals surface area contributed by atoms with Gasteiger partial charge in [-0.2, -0.15) is 4.99 Å². The molecule has 0 aliphatic carbocycles. The van der Waals surface area contributed by atoms with Crippen LogP contribution in [0.1, 0.15) is 27.9 Å². The molecule has 0 spiro atoms. The number of aryl methyl sites for hydroxylation is 1. The Labute approximate surface area is 186 Å². The van der Waals surface area contributed by atoms with Gasteiger partial charge in [-0.1, -0.05) is 53.4 Å². The van der Waals surface area contributed by atoms with Gasteiger partial charge in [0, 0.05) is 0 Å². The van der Waals surface area contributed by atoms with E-state index in [0.29, 0.717) is 10.6 Å². The molecule has 1 aliphatic heterocycles. The quantitative estimate of drug-likeness (QED) is 0.479. The third-order valence-corrected chi connectivity index (χ3v) is 6.11. The smallest absolute Gasteiger partial charge is 0.350 e. The van der Waals surface area contributed by atoms with Crippen LogP contribution >= 0.6 is 23.1 Å². The fourth-order valence-electron chi connectivity index (χ4n) is 2.73. The molecule has 162 valence electrons. The van der Waals surface area contributed by atoms with Crippen molar-refractivity contribution in [3.05, 3.63) is 46.5 Å². The Morgan fingerprint density at radius 2 is 2.00 bits per heavy atom. The number of esters is 1. The molecule has 1 aliphatic rings. The second-order valence-corrected chi connectivity index (χ2v) is 8.44. The molecular formula is C20H20N4O5S2. The van der Waals surface area contributed by atoms with E-state index in [2.05, 4.69) is 20.6 Å². The van der Waals surface area contributed by atoms with Crippen molar-refractivity contribution in [2.24, 2.45) is 10.9 Å². The van der Waals surface area contributed by atoms with E-state index in [1.165, 1.54) is 0 Å². The molecule has 9 nitrogen and oxygen atoms in total. The molecule has 2 heterocycles. The SMILES string of the molecule is CCOC(=O)c1sc(NC(=O)CSC2=NC(=O)C(Cc3ccccc3)C(=O)N2)nc1C. The van der Waals surface area contributed by atoms with Crippen molar-refractivity contribution in [2.75, 3.05) is 17.7 Å². The first-order valence-corrected chi connectivity index (χ1v) is 11.2. The number of carbonyl (C=O) groups excluding carboxylic acids is 4. The van der Waals surface area contributed by atoms with Gasteiger partial charge in [-0.3, -0.25) is 14.4 Å². The molecule has 0 bridgehead atoms. The number of hydrogen-bond donors (Lipinski definition) is 2. The van der Waals surface area contributed by atoms with Crippen LogP contribution < -0.4 is 10.6 Å². The lowest BCUT2D eigenvalue weighted by Crippen LogP contribution is -2.44. The Hall–Kier alpha value is -3.05. The van der Waals surface area contributed by atoms with E-state index in [-0.39, 0.29) is 29.1 Å². The third-order valence-electron chi connectivity index (χ3n) is 4.18. The maximum atomic E-state index is 12.3. The van der Waals surface area contributed by atoms with Crippen molar-refractivity contribution < 1.29 is 23.9 Å². The summed E-state index contributed by atoms with van der Waals surface area (Å²) in [6.45, 7) is 3.60. The topological polar surface area (TPSA) is 127 Å². The lowest BCUT2D eigenvalue weighted by molar-refractivity contribution is -0.133. The monoisotopic (exact) mass is 460 g/mol. The number of thioether (sulfide) groups is 1. The molecule has 1 aromatic heterocycles. The number of carbonyl (C=O) groups is 4. The Morgan fingerprint density at radius 3 is 2.68 bits per heavy atom. The molecule has 2 aromatic rings. The van der Waals surface area contributed by atoms with Crippen molar-refractivity contribution in [3.8, 4) is 0 Å². The molecule has 31 heavy (non-hydrogen) atoms. The number of benzene rings is 1. The number of hydrogen-bond acceptors (Lipinski definition) is 8. The molecular weight excluding hydrogens is 440 g/mol. The fourth-order valence-corrected chi connectivity index (χ4v) is 4.28. The van der Waals surface area contributed by atoms with Crippen LogP contribution in [0.25, 0.3) is 0 Å². The third kappa shape index (κ3) is 5.98. The maximum Gasteiger partial charge on any atom is 0.350 e. The van der Waals surface area contributed by atoms with E-state index < -0.39 is 29.6 Å². The highest BCUT2D eigenvalue weighted by Crippen LogP contribution is 2.24. The molecule has 0 radical (unpaired) electrons. The predicted octanol–water partition coefficient (Wildman–Crippen LogP) is 2.17. The van der Waals surface area contributed by atoms with E-state index in [1.807, 2.05) is 30.3 Å². The van der Waals surface area contributed by atoms with Gasteiger partial charge in [0.25, 0.3) is 5.91 Å². The number of thiazole rings is 1. The standard InChI is InChI=1S/C20H20N4O5S2/c1-3-29-18(28)15-11(2)21-20(31-15)22-14(25)10-30-19-23-16(26)13(17(27)24-19)9-12-7-5-4-6-8-12/h4-8,13H,3,9-10H2,1-2H3,(H,21,22,25)(H,23,24,26,27). The van der Waals surface area contributed by atoms with E-state index in [1.54, 1.807) is 13.8 Å². The number of anilines is 1. The summed E-state index contributed by atoms with van der Waals surface area (Å²) in [5.74, 6) is -2.87. The highest BCUT2D eigenvalue weighted by Gasteiger charge is 2.32. The van der Waals surface area contributed by atoms with Crippen molar-refractivity contribution >= 4 is 57.1 Å². The first-order valence-electron chi connectivity index (χ1n) is 9.42. The fraction of sp³-hybridized carbons (Fsp3) is 0.300. The minimum atomic E-state index is -0.889. The van der Waals surface area contributed by atoms with Crippen molar-refractivity contribution in [1.29, 1.82) is 0 Å². The van der Waals surface area contributed by atoms with Gasteiger partial charge in [-0.05, 0) is 25.8 Å². The molecule has 1 aromatic carbocycles. The van der Waals surface area contributed by atoms with Crippen LogP contribution in [0.4, 0.5) is 5.13 Å². The highest BCUT2D eigenvalue weighted by atomic mass is 32.2. The summed E-state index contributed by atoms with van der Waals surface area (Å²) < 4.78 is 4.95. The number of amides is 3. The van der Waals surface area contributed by atoms with Crippen LogP contribution in [-0.4, -0.2) is 46.2 Å². The maximum absolute atomic E-state index is 12.3. The molecule has 0 saturated carbocycles. The summed E-state index contributed by atoms with van der Waals surface area (Å²) in [6, 6.07) is 9.21. The number of aromatic nitrogens is 1. The number of rotatable bonds is 7. The summed E-state index contributed by atoms with van der Waals surface area (Å²) in [6.07, 6.45) is 0.264. The molecule has 3 rings (SSSR count). The molecule has 1 atom stereocenters. The van der Waals surface area contributed by atoms with Crippen LogP contribution in [0, 0.1) is 12.8 Å². The van der Waals surface area contributed by atoms with Crippen LogP contribution in [0.5, 0.6) is 0 Å². The first kappa shape index (κ1) is 22.6. The zero-order chi connectivity index (χ0) is 22.4. The van der Waals surface area contributed by atoms with Crippen LogP contribution in [-0.2, 0) is 25.5 Å². The summed E-state index contributed by atoms with van der Waals surface area (Å²) in [4.78, 5) is 57.1. The largest absolute Gasteiger partial charge is 0.462 e. The predicted molar refractivity (Wildman–Crippen MR) is 118 cm³/mol. The molecule has 0 saturated heterocycles. The van der Waals surface area contributed by atoms with Gasteiger partial charge in [0.15, 0.2) is 10.3 Å². The van der Waals surface area contributed by atoms with Gasteiger partial charge < -0.3 is 15.4 Å². The van der Waals surface area contributed by atoms with E-state index >= 15 is 0 Å². The summed E-state index contributed by atoms with van der Waals surface area (Å²) >= 11 is 1.95. The highest BCUT2D eigenvalue weighted by molar-refractivity contribution is 8.14. The summed E-state index contributed by atoms with van der Waals surface area (Å²) in [5, 5.41) is 5.51. The average Bonchev–Trinajstić information content (AvgIpc) is 3.10. The van der Waals surface area contributed by atoms with Crippen LogP contribution in [0.15, 0.2) is 35.3 Å². The normalized spacial score (nSPS) is 15.8. The minimum Gasteiger partial charge on any atom is -0.462 e. The lowest BCUT2D eigenvalue weighted by Gasteiger charge is -2.19. The Kier molecular flexibility index (Phi) is 7.53. The van der Waals surface area contributed by atoms with Gasteiger partial charge in [0.05, 0.1) is 18.1 Å². The van der Waals surface area contributed by atoms with Crippen LogP contribution in [0.2, 0.25) is 0 Å². The van der Waals surface area contributed by atoms with Crippen molar-refractivity contribution in [2.45, 2.75) is 20.3 Å². The van der Waals surface area contributed by atoms with Gasteiger partial charge in [0.1, 0.15) is 10.8 Å². The summed E-state index contributed by atoms with van der Waals surface area (Å²) in [5.41, 5.74) is 1.33. The van der Waals surface area contributed by atoms with Gasteiger partial charge in [0.2, 0.25) is 11.8 Å². The number of aliphatic imine (C=N–C) groups is 1. The summed E-state index contributed by atoms with van der Waals surface area (Å²) in [7, 11) is 0. The first-order chi connectivity index (χ1) is 14.9. The van der Waals surface area contributed by atoms with Gasteiger partial charge >= 0.3 is 5.97 Å². The number of nitrogens with zero attached hydrogens (tertiary/aromatic N) is 2. The second-order valence-electron chi connectivity index (χ2n) is 6.48. The van der Waals surface area contributed by atoms with Crippen molar-refractivity contribution in [3.63, 3.8) is 0 Å².